The first-order chi connectivity index (χ1) is 16.0. The summed E-state index contributed by atoms with van der Waals surface area (Å²) in [6.45, 7) is 2.95. The van der Waals surface area contributed by atoms with Gasteiger partial charge in [0.05, 0.1) is 5.56 Å². The second-order valence-corrected chi connectivity index (χ2v) is 7.94. The van der Waals surface area contributed by atoms with E-state index >= 15 is 0 Å². The molecule has 3 aliphatic heterocycles. The van der Waals surface area contributed by atoms with Crippen LogP contribution < -0.4 is 5.32 Å². The molecule has 1 atom stereocenters. The van der Waals surface area contributed by atoms with Gasteiger partial charge in [0, 0.05) is 30.3 Å². The van der Waals surface area contributed by atoms with E-state index in [0.717, 1.165) is 38.5 Å². The minimum Gasteiger partial charge on any atom is -0.478 e. The van der Waals surface area contributed by atoms with E-state index in [4.69, 9.17) is 14.6 Å². The molecule has 1 aromatic carbocycles. The molecule has 1 amide bonds. The van der Waals surface area contributed by atoms with Crippen LogP contribution in [-0.4, -0.2) is 58.6 Å². The van der Waals surface area contributed by atoms with Gasteiger partial charge in [-0.1, -0.05) is 18.2 Å². The molecule has 0 saturated carbocycles. The van der Waals surface area contributed by atoms with Crippen LogP contribution in [0.25, 0.3) is 11.3 Å². The van der Waals surface area contributed by atoms with Crippen LogP contribution in [0.2, 0.25) is 0 Å². The van der Waals surface area contributed by atoms with E-state index in [1.54, 1.807) is 0 Å². The Kier molecular flexibility index (Phi) is 7.77. The smallest absolute Gasteiger partial charge is 0.417 e. The third kappa shape index (κ3) is 6.47. The number of carbonyl (C=O) groups excluding carboxylic acids is 1. The number of fused-ring (bicyclic) bond motifs is 3. The maximum atomic E-state index is 13.2. The van der Waals surface area contributed by atoms with Crippen LogP contribution >= 0.6 is 0 Å². The van der Waals surface area contributed by atoms with Crippen LogP contribution in [0.5, 0.6) is 0 Å². The number of carboxylic acid groups (broad SMARTS) is 2. The minimum atomic E-state index is -4.48. The summed E-state index contributed by atoms with van der Waals surface area (Å²) in [6.07, 6.45) is -1.24. The molecule has 3 saturated heterocycles. The van der Waals surface area contributed by atoms with E-state index in [0.29, 0.717) is 18.1 Å². The van der Waals surface area contributed by atoms with Gasteiger partial charge in [-0.2, -0.15) is 13.2 Å². The molecular weight excluding hydrogens is 457 g/mol. The molecule has 0 spiro atoms. The lowest BCUT2D eigenvalue weighted by atomic mass is 9.84. The Bertz CT molecular complexity index is 1050. The van der Waals surface area contributed by atoms with Crippen molar-refractivity contribution in [3.05, 3.63) is 59.9 Å². The number of alkyl halides is 3. The van der Waals surface area contributed by atoms with Crippen LogP contribution in [-0.2, 0) is 15.8 Å². The highest BCUT2D eigenvalue weighted by atomic mass is 19.4. The fourth-order valence-electron chi connectivity index (χ4n) is 4.06. The molecule has 8 nitrogen and oxygen atoms in total. The van der Waals surface area contributed by atoms with Gasteiger partial charge in [0.2, 0.25) is 0 Å². The Morgan fingerprint density at radius 3 is 2.15 bits per heavy atom. The van der Waals surface area contributed by atoms with Gasteiger partial charge in [0.1, 0.15) is 5.76 Å². The summed E-state index contributed by atoms with van der Waals surface area (Å²) in [6, 6.07) is 8.11. The molecule has 3 N–H and O–H groups in total. The third-order valence-electron chi connectivity index (χ3n) is 5.67. The first kappa shape index (κ1) is 25.0. The van der Waals surface area contributed by atoms with Crippen LogP contribution in [0, 0.1) is 5.92 Å². The molecule has 34 heavy (non-hydrogen) atoms. The molecule has 5 rings (SSSR count). The predicted octanol–water partition coefficient (Wildman–Crippen LogP) is 3.50. The summed E-state index contributed by atoms with van der Waals surface area (Å²) < 4.78 is 45.0. The number of nitrogens with one attached hydrogen (secondary N) is 1. The van der Waals surface area contributed by atoms with Gasteiger partial charge in [-0.05, 0) is 50.0 Å². The third-order valence-corrected chi connectivity index (χ3v) is 5.67. The van der Waals surface area contributed by atoms with E-state index < -0.39 is 23.7 Å². The van der Waals surface area contributed by atoms with Crippen molar-refractivity contribution in [1.82, 2.24) is 10.2 Å². The fraction of sp³-hybridized carbons (Fsp3) is 0.348. The molecule has 2 bridgehead atoms. The van der Waals surface area contributed by atoms with Crippen molar-refractivity contribution >= 4 is 17.8 Å². The molecular formula is C23H23F3N2O6. The lowest BCUT2D eigenvalue weighted by Crippen LogP contribution is -2.57. The molecule has 11 heteroatoms. The number of halogens is 3. The van der Waals surface area contributed by atoms with Crippen molar-refractivity contribution in [3.63, 3.8) is 0 Å². The second-order valence-electron chi connectivity index (χ2n) is 7.94. The predicted molar refractivity (Wildman–Crippen MR) is 114 cm³/mol. The second kappa shape index (κ2) is 10.6. The van der Waals surface area contributed by atoms with Crippen molar-refractivity contribution in [1.29, 1.82) is 0 Å². The van der Waals surface area contributed by atoms with Gasteiger partial charge in [-0.3, -0.25) is 4.79 Å². The standard InChI is InChI=1S/C19H19F3N2O2.C4H4O4/c20-19(21,22)14-4-2-1-3-13(14)16-5-6-17(26-16)18(25)23-15-11-24-9-7-12(15)8-10-24;5-3(6)1-2-4(7)8/h1-6,12,15H,7-11H2,(H,23,25);1-2H,(H,5,6)(H,7,8)/b;2-1+/t15-;/m0./s1. The average Bonchev–Trinajstić information content (AvgIpc) is 3.29. The van der Waals surface area contributed by atoms with E-state index in [2.05, 4.69) is 10.2 Å². The molecule has 1 aromatic heterocycles. The highest BCUT2D eigenvalue weighted by Gasteiger charge is 2.36. The maximum Gasteiger partial charge on any atom is 0.417 e. The van der Waals surface area contributed by atoms with Gasteiger partial charge < -0.3 is 24.8 Å². The zero-order valence-electron chi connectivity index (χ0n) is 17.9. The van der Waals surface area contributed by atoms with Gasteiger partial charge in [-0.15, -0.1) is 0 Å². The van der Waals surface area contributed by atoms with E-state index in [1.807, 2.05) is 0 Å². The van der Waals surface area contributed by atoms with Gasteiger partial charge in [0.15, 0.2) is 5.76 Å². The van der Waals surface area contributed by atoms with E-state index in [-0.39, 0.29) is 29.0 Å². The zero-order chi connectivity index (χ0) is 24.9. The molecule has 4 heterocycles. The number of carbonyl (C=O) groups is 3. The molecule has 0 aliphatic carbocycles. The number of amides is 1. The number of carboxylic acids is 2. The summed E-state index contributed by atoms with van der Waals surface area (Å²) in [5, 5.41) is 18.6. The Labute approximate surface area is 192 Å². The van der Waals surface area contributed by atoms with Crippen molar-refractivity contribution < 1.29 is 42.2 Å². The van der Waals surface area contributed by atoms with E-state index in [9.17, 15) is 27.6 Å². The number of aliphatic carboxylic acids is 2. The van der Waals surface area contributed by atoms with Gasteiger partial charge in [0.25, 0.3) is 5.91 Å². The lowest BCUT2D eigenvalue weighted by Gasteiger charge is -2.44. The largest absolute Gasteiger partial charge is 0.478 e. The summed E-state index contributed by atoms with van der Waals surface area (Å²) in [5.74, 6) is -2.35. The summed E-state index contributed by atoms with van der Waals surface area (Å²) >= 11 is 0. The molecule has 182 valence electrons. The first-order valence-corrected chi connectivity index (χ1v) is 10.5. The van der Waals surface area contributed by atoms with Crippen molar-refractivity contribution in [3.8, 4) is 11.3 Å². The molecule has 0 radical (unpaired) electrons. The van der Waals surface area contributed by atoms with Crippen molar-refractivity contribution in [2.45, 2.75) is 25.1 Å². The van der Waals surface area contributed by atoms with Crippen LogP contribution in [0.4, 0.5) is 13.2 Å². The normalized spacial score (nSPS) is 21.6. The molecule has 0 unspecified atom stereocenters. The molecule has 2 aromatic rings. The fourth-order valence-corrected chi connectivity index (χ4v) is 4.06. The number of piperidine rings is 3. The quantitative estimate of drug-likeness (QED) is 0.561. The highest BCUT2D eigenvalue weighted by molar-refractivity contribution is 5.92. The summed E-state index contributed by atoms with van der Waals surface area (Å²) in [7, 11) is 0. The number of furan rings is 1. The van der Waals surface area contributed by atoms with Crippen LogP contribution in [0.1, 0.15) is 29.0 Å². The zero-order valence-corrected chi connectivity index (χ0v) is 17.9. The SMILES string of the molecule is O=C(N[C@H]1CN2CCC1CC2)c1ccc(-c2ccccc2C(F)(F)F)o1.O=C(O)/C=C/C(=O)O. The number of benzene rings is 1. The molecule has 3 fully saturated rings. The average molecular weight is 480 g/mol. The number of rotatable bonds is 5. The minimum absolute atomic E-state index is 0.0356. The number of nitrogens with zero attached hydrogens (tertiary/aromatic N) is 1. The summed E-state index contributed by atoms with van der Waals surface area (Å²) in [4.78, 5) is 33.9. The number of hydrogen-bond donors (Lipinski definition) is 3. The van der Waals surface area contributed by atoms with Gasteiger partial charge >= 0.3 is 18.1 Å². The van der Waals surface area contributed by atoms with Crippen LogP contribution in [0.3, 0.4) is 0 Å². The van der Waals surface area contributed by atoms with Crippen molar-refractivity contribution in [2.24, 2.45) is 5.92 Å². The van der Waals surface area contributed by atoms with Gasteiger partial charge in [-0.25, -0.2) is 9.59 Å². The van der Waals surface area contributed by atoms with Crippen LogP contribution in [0.15, 0.2) is 53.0 Å². The topological polar surface area (TPSA) is 120 Å². The maximum absolute atomic E-state index is 13.2. The Balaban J connectivity index is 0.000000350. The molecule has 3 aliphatic rings. The summed E-state index contributed by atoms with van der Waals surface area (Å²) in [5.41, 5.74) is -0.847. The highest BCUT2D eigenvalue weighted by Crippen LogP contribution is 2.37. The first-order valence-electron chi connectivity index (χ1n) is 10.5. The Morgan fingerprint density at radius 2 is 1.62 bits per heavy atom. The van der Waals surface area contributed by atoms with Crippen molar-refractivity contribution in [2.75, 3.05) is 19.6 Å². The number of hydrogen-bond acceptors (Lipinski definition) is 5. The Hall–Kier alpha value is -3.60. The monoisotopic (exact) mass is 480 g/mol. The Morgan fingerprint density at radius 1 is 1.00 bits per heavy atom. The lowest BCUT2D eigenvalue weighted by molar-refractivity contribution is -0.137. The van der Waals surface area contributed by atoms with E-state index in [1.165, 1.54) is 30.3 Å².